The van der Waals surface area contributed by atoms with Crippen LogP contribution < -0.4 is 9.46 Å². The van der Waals surface area contributed by atoms with Gasteiger partial charge in [-0.3, -0.25) is 4.72 Å². The van der Waals surface area contributed by atoms with Crippen molar-refractivity contribution in [1.82, 2.24) is 4.90 Å². The Balaban J connectivity index is 1.68. The lowest BCUT2D eigenvalue weighted by Crippen LogP contribution is -2.35. The molecule has 2 aromatic rings. The fourth-order valence-corrected chi connectivity index (χ4v) is 4.61. The van der Waals surface area contributed by atoms with Crippen LogP contribution in [0.25, 0.3) is 0 Å². The molecule has 140 valence electrons. The number of benzene rings is 2. The summed E-state index contributed by atoms with van der Waals surface area (Å²) in [6, 6.07) is 11.2. The van der Waals surface area contributed by atoms with Gasteiger partial charge in [-0.25, -0.2) is 8.42 Å². The minimum absolute atomic E-state index is 0.0571. The van der Waals surface area contributed by atoms with Crippen LogP contribution in [0.5, 0.6) is 5.75 Å². The number of likely N-dealkylation sites (tertiary alicyclic amines) is 1. The summed E-state index contributed by atoms with van der Waals surface area (Å²) in [5.74, 6) is 0.725. The first-order valence-electron chi connectivity index (χ1n) is 8.26. The number of ether oxygens (including phenoxy) is 1. The normalized spacial score (nSPS) is 16.4. The van der Waals surface area contributed by atoms with Crippen LogP contribution in [0.2, 0.25) is 10.0 Å². The van der Waals surface area contributed by atoms with Gasteiger partial charge in [-0.2, -0.15) is 0 Å². The van der Waals surface area contributed by atoms with Crippen LogP contribution >= 0.6 is 23.2 Å². The Labute approximate surface area is 163 Å². The first-order chi connectivity index (χ1) is 12.3. The smallest absolute Gasteiger partial charge is 0.263 e. The van der Waals surface area contributed by atoms with Crippen LogP contribution in [-0.4, -0.2) is 39.6 Å². The Hall–Kier alpha value is -1.47. The second-order valence-electron chi connectivity index (χ2n) is 6.33. The zero-order chi connectivity index (χ0) is 18.7. The molecule has 3 rings (SSSR count). The van der Waals surface area contributed by atoms with Crippen molar-refractivity contribution >= 4 is 38.9 Å². The highest BCUT2D eigenvalue weighted by Crippen LogP contribution is 2.28. The van der Waals surface area contributed by atoms with Crippen LogP contribution in [0.3, 0.4) is 0 Å². The van der Waals surface area contributed by atoms with E-state index in [1.54, 1.807) is 24.3 Å². The van der Waals surface area contributed by atoms with Gasteiger partial charge in [-0.05, 0) is 62.4 Å². The van der Waals surface area contributed by atoms with Gasteiger partial charge in [0, 0.05) is 23.8 Å². The molecule has 1 heterocycles. The quantitative estimate of drug-likeness (QED) is 0.793. The van der Waals surface area contributed by atoms with Crippen LogP contribution in [0, 0.1) is 0 Å². The van der Waals surface area contributed by atoms with E-state index in [1.807, 2.05) is 0 Å². The van der Waals surface area contributed by atoms with E-state index in [2.05, 4.69) is 16.7 Å². The fraction of sp³-hybridized carbons (Fsp3) is 0.333. The van der Waals surface area contributed by atoms with Crippen LogP contribution in [0.1, 0.15) is 12.8 Å². The zero-order valence-electron chi connectivity index (χ0n) is 14.3. The van der Waals surface area contributed by atoms with Gasteiger partial charge in [0.15, 0.2) is 0 Å². The Bertz CT molecular complexity index is 865. The van der Waals surface area contributed by atoms with Gasteiger partial charge in [-0.15, -0.1) is 0 Å². The predicted octanol–water partition coefficient (Wildman–Crippen LogP) is 4.27. The van der Waals surface area contributed by atoms with Gasteiger partial charge in [0.05, 0.1) is 5.02 Å². The average Bonchev–Trinajstić information content (AvgIpc) is 2.60. The van der Waals surface area contributed by atoms with Gasteiger partial charge >= 0.3 is 0 Å². The molecule has 0 unspecified atom stereocenters. The first kappa shape index (κ1) is 19.3. The molecule has 1 fully saturated rings. The number of hydrogen-bond donors (Lipinski definition) is 1. The summed E-state index contributed by atoms with van der Waals surface area (Å²) < 4.78 is 33.5. The van der Waals surface area contributed by atoms with Gasteiger partial charge in [-0.1, -0.05) is 23.2 Å². The Morgan fingerprint density at radius 1 is 1.08 bits per heavy atom. The van der Waals surface area contributed by atoms with Gasteiger partial charge in [0.25, 0.3) is 10.0 Å². The van der Waals surface area contributed by atoms with Crippen molar-refractivity contribution in [2.45, 2.75) is 23.8 Å². The highest BCUT2D eigenvalue weighted by molar-refractivity contribution is 7.92. The number of rotatable bonds is 5. The number of nitrogens with zero attached hydrogens (tertiary/aromatic N) is 1. The SMILES string of the molecule is CN1CCC(Oc2ccc(NS(=O)(=O)c3cc(Cl)ccc3Cl)cc2)CC1. The highest BCUT2D eigenvalue weighted by atomic mass is 35.5. The van der Waals surface area contributed by atoms with E-state index >= 15 is 0 Å². The van der Waals surface area contributed by atoms with Crippen molar-refractivity contribution in [1.29, 1.82) is 0 Å². The number of nitrogens with one attached hydrogen (secondary N) is 1. The molecule has 0 amide bonds. The molecular weight excluding hydrogens is 395 g/mol. The maximum atomic E-state index is 12.5. The second-order valence-corrected chi connectivity index (χ2v) is 8.82. The molecule has 0 atom stereocenters. The molecule has 0 aliphatic carbocycles. The number of hydrogen-bond acceptors (Lipinski definition) is 4. The van der Waals surface area contributed by atoms with E-state index in [-0.39, 0.29) is 16.0 Å². The summed E-state index contributed by atoms with van der Waals surface area (Å²) in [6.45, 7) is 2.03. The van der Waals surface area contributed by atoms with Crippen molar-refractivity contribution in [3.8, 4) is 5.75 Å². The Morgan fingerprint density at radius 3 is 2.38 bits per heavy atom. The summed E-state index contributed by atoms with van der Waals surface area (Å²) in [7, 11) is -1.72. The van der Waals surface area contributed by atoms with Crippen molar-refractivity contribution in [2.75, 3.05) is 24.9 Å². The summed E-state index contributed by atoms with van der Waals surface area (Å²) in [6.07, 6.45) is 2.16. The van der Waals surface area contributed by atoms with E-state index < -0.39 is 10.0 Å². The third-order valence-electron chi connectivity index (χ3n) is 4.26. The minimum Gasteiger partial charge on any atom is -0.490 e. The van der Waals surface area contributed by atoms with E-state index in [0.717, 1.165) is 31.7 Å². The lowest BCUT2D eigenvalue weighted by atomic mass is 10.1. The lowest BCUT2D eigenvalue weighted by Gasteiger charge is -2.29. The maximum absolute atomic E-state index is 12.5. The summed E-state index contributed by atoms with van der Waals surface area (Å²) >= 11 is 11.9. The molecular formula is C18H20Cl2N2O3S. The topological polar surface area (TPSA) is 58.6 Å². The maximum Gasteiger partial charge on any atom is 0.263 e. The number of piperidine rings is 1. The van der Waals surface area contributed by atoms with E-state index in [9.17, 15) is 8.42 Å². The van der Waals surface area contributed by atoms with Gasteiger partial charge in [0.2, 0.25) is 0 Å². The van der Waals surface area contributed by atoms with E-state index in [1.165, 1.54) is 18.2 Å². The molecule has 0 saturated carbocycles. The van der Waals surface area contributed by atoms with Gasteiger partial charge < -0.3 is 9.64 Å². The molecule has 26 heavy (non-hydrogen) atoms. The molecule has 0 bridgehead atoms. The first-order valence-corrected chi connectivity index (χ1v) is 10.5. The van der Waals surface area contributed by atoms with E-state index in [0.29, 0.717) is 10.7 Å². The third kappa shape index (κ3) is 4.82. The molecule has 1 N–H and O–H groups in total. The molecule has 5 nitrogen and oxygen atoms in total. The summed E-state index contributed by atoms with van der Waals surface area (Å²) in [5.41, 5.74) is 0.428. The highest BCUT2D eigenvalue weighted by Gasteiger charge is 2.20. The van der Waals surface area contributed by atoms with Crippen molar-refractivity contribution in [3.63, 3.8) is 0 Å². The van der Waals surface area contributed by atoms with Crippen molar-refractivity contribution < 1.29 is 13.2 Å². The molecule has 8 heteroatoms. The van der Waals surface area contributed by atoms with Crippen molar-refractivity contribution in [3.05, 3.63) is 52.5 Å². The molecule has 0 aromatic heterocycles. The molecule has 2 aromatic carbocycles. The largest absolute Gasteiger partial charge is 0.490 e. The lowest BCUT2D eigenvalue weighted by molar-refractivity contribution is 0.114. The van der Waals surface area contributed by atoms with Gasteiger partial charge in [0.1, 0.15) is 16.7 Å². The molecule has 0 radical (unpaired) electrons. The standard InChI is InChI=1S/C18H20Cl2N2O3S/c1-22-10-8-16(9-11-22)25-15-5-3-14(4-6-15)21-26(23,24)18-12-13(19)2-7-17(18)20/h2-7,12,16,21H,8-11H2,1H3. The third-order valence-corrected chi connectivity index (χ3v) is 6.36. The zero-order valence-corrected chi connectivity index (χ0v) is 16.6. The predicted molar refractivity (Wildman–Crippen MR) is 105 cm³/mol. The number of sulfonamides is 1. The second kappa shape index (κ2) is 8.05. The monoisotopic (exact) mass is 414 g/mol. The molecule has 1 aliphatic heterocycles. The van der Waals surface area contributed by atoms with Crippen LogP contribution in [-0.2, 0) is 10.0 Å². The average molecular weight is 415 g/mol. The summed E-state index contributed by atoms with van der Waals surface area (Å²) in [5, 5.41) is 0.417. The molecule has 0 spiro atoms. The van der Waals surface area contributed by atoms with Crippen molar-refractivity contribution in [2.24, 2.45) is 0 Å². The number of halogens is 2. The molecule has 1 saturated heterocycles. The van der Waals surface area contributed by atoms with Crippen LogP contribution in [0.15, 0.2) is 47.4 Å². The molecule has 1 aliphatic rings. The van der Waals surface area contributed by atoms with Crippen LogP contribution in [0.4, 0.5) is 5.69 Å². The number of anilines is 1. The summed E-state index contributed by atoms with van der Waals surface area (Å²) in [4.78, 5) is 2.22. The minimum atomic E-state index is -3.83. The Morgan fingerprint density at radius 2 is 1.73 bits per heavy atom. The fourth-order valence-electron chi connectivity index (χ4n) is 2.79. The Kier molecular flexibility index (Phi) is 5.97. The van der Waals surface area contributed by atoms with E-state index in [4.69, 9.17) is 27.9 Å².